The van der Waals surface area contributed by atoms with Crippen LogP contribution in [-0.2, 0) is 4.79 Å². The zero-order valence-electron chi connectivity index (χ0n) is 8.88. The van der Waals surface area contributed by atoms with E-state index in [1.54, 1.807) is 6.21 Å². The number of aliphatic imine (C=N–C) groups is 1. The van der Waals surface area contributed by atoms with Crippen LogP contribution in [0.3, 0.4) is 0 Å². The van der Waals surface area contributed by atoms with E-state index in [2.05, 4.69) is 4.99 Å². The molecular formula is C12H14NO2-. The highest BCUT2D eigenvalue weighted by Crippen LogP contribution is 2.05. The lowest BCUT2D eigenvalue weighted by molar-refractivity contribution is -0.308. The third-order valence-electron chi connectivity index (χ3n) is 2.06. The Morgan fingerprint density at radius 1 is 1.33 bits per heavy atom. The number of hydrogen-bond donors (Lipinski definition) is 0. The molecule has 0 aromatic heterocycles. The van der Waals surface area contributed by atoms with Crippen LogP contribution >= 0.6 is 0 Å². The van der Waals surface area contributed by atoms with E-state index in [-0.39, 0.29) is 5.92 Å². The first kappa shape index (κ1) is 11.4. The minimum Gasteiger partial charge on any atom is -0.548 e. The molecule has 0 aliphatic carbocycles. The first-order valence-electron chi connectivity index (χ1n) is 4.90. The molecule has 0 unspecified atom stereocenters. The fraction of sp³-hybridized carbons (Fsp3) is 0.333. The van der Waals surface area contributed by atoms with E-state index in [1.807, 2.05) is 44.2 Å². The number of hydrogen-bond acceptors (Lipinski definition) is 3. The normalized spacial score (nSPS) is 13.3. The molecule has 0 radical (unpaired) electrons. The van der Waals surface area contributed by atoms with Crippen LogP contribution < -0.4 is 5.11 Å². The van der Waals surface area contributed by atoms with Gasteiger partial charge in [0.1, 0.15) is 0 Å². The first-order valence-corrected chi connectivity index (χ1v) is 4.90. The molecule has 0 saturated carbocycles. The van der Waals surface area contributed by atoms with Crippen molar-refractivity contribution in [1.82, 2.24) is 0 Å². The summed E-state index contributed by atoms with van der Waals surface area (Å²) in [4.78, 5) is 14.7. The lowest BCUT2D eigenvalue weighted by Crippen LogP contribution is -2.37. The van der Waals surface area contributed by atoms with Crippen molar-refractivity contribution in [3.05, 3.63) is 35.9 Å². The van der Waals surface area contributed by atoms with Crippen LogP contribution in [0.15, 0.2) is 35.3 Å². The molecule has 0 aliphatic rings. The molecule has 0 saturated heterocycles. The van der Waals surface area contributed by atoms with Gasteiger partial charge in [0.15, 0.2) is 0 Å². The number of carboxylic acid groups (broad SMARTS) is 1. The summed E-state index contributed by atoms with van der Waals surface area (Å²) in [5.74, 6) is -1.19. The third-order valence-corrected chi connectivity index (χ3v) is 2.06. The van der Waals surface area contributed by atoms with Gasteiger partial charge in [-0.25, -0.2) is 0 Å². The molecular weight excluding hydrogens is 190 g/mol. The van der Waals surface area contributed by atoms with Crippen molar-refractivity contribution >= 4 is 12.2 Å². The zero-order valence-corrected chi connectivity index (χ0v) is 8.88. The van der Waals surface area contributed by atoms with E-state index >= 15 is 0 Å². The van der Waals surface area contributed by atoms with Crippen LogP contribution in [0.25, 0.3) is 0 Å². The lowest BCUT2D eigenvalue weighted by atomic mass is 10.1. The molecule has 15 heavy (non-hydrogen) atoms. The Morgan fingerprint density at radius 3 is 2.40 bits per heavy atom. The SMILES string of the molecule is CC(C)[C@H](N=Cc1ccccc1)C(=O)[O-]. The van der Waals surface area contributed by atoms with Gasteiger partial charge in [-0.2, -0.15) is 0 Å². The molecule has 3 heteroatoms. The molecule has 1 atom stereocenters. The van der Waals surface area contributed by atoms with Gasteiger partial charge >= 0.3 is 0 Å². The van der Waals surface area contributed by atoms with Gasteiger partial charge in [0, 0.05) is 6.21 Å². The first-order chi connectivity index (χ1) is 7.11. The van der Waals surface area contributed by atoms with Crippen molar-refractivity contribution in [3.8, 4) is 0 Å². The van der Waals surface area contributed by atoms with Crippen LogP contribution in [0.4, 0.5) is 0 Å². The van der Waals surface area contributed by atoms with Crippen LogP contribution in [0.5, 0.6) is 0 Å². The second kappa shape index (κ2) is 5.29. The molecule has 1 rings (SSSR count). The summed E-state index contributed by atoms with van der Waals surface area (Å²) in [6, 6.07) is 8.63. The average molecular weight is 204 g/mol. The molecule has 1 aromatic rings. The fourth-order valence-electron chi connectivity index (χ4n) is 1.21. The summed E-state index contributed by atoms with van der Waals surface area (Å²) in [7, 11) is 0. The summed E-state index contributed by atoms with van der Waals surface area (Å²) in [6.45, 7) is 3.62. The highest BCUT2D eigenvalue weighted by Gasteiger charge is 2.11. The predicted molar refractivity (Wildman–Crippen MR) is 57.7 cm³/mol. The molecule has 0 bridgehead atoms. The third kappa shape index (κ3) is 3.54. The lowest BCUT2D eigenvalue weighted by Gasteiger charge is -2.16. The van der Waals surface area contributed by atoms with E-state index < -0.39 is 12.0 Å². The second-order valence-electron chi connectivity index (χ2n) is 3.70. The van der Waals surface area contributed by atoms with Crippen LogP contribution in [-0.4, -0.2) is 18.2 Å². The zero-order chi connectivity index (χ0) is 11.3. The van der Waals surface area contributed by atoms with E-state index in [4.69, 9.17) is 0 Å². The fourth-order valence-corrected chi connectivity index (χ4v) is 1.21. The Balaban J connectivity index is 2.75. The standard InChI is InChI=1S/C12H15NO2/c1-9(2)11(12(14)15)13-8-10-6-4-3-5-7-10/h3-9,11H,1-2H3,(H,14,15)/p-1/t11-/m0/s1. The van der Waals surface area contributed by atoms with Gasteiger partial charge in [0.25, 0.3) is 0 Å². The number of benzene rings is 1. The van der Waals surface area contributed by atoms with Gasteiger partial charge in [0.05, 0.1) is 12.0 Å². The summed E-state index contributed by atoms with van der Waals surface area (Å²) in [5, 5.41) is 10.7. The highest BCUT2D eigenvalue weighted by atomic mass is 16.4. The summed E-state index contributed by atoms with van der Waals surface area (Å²) in [6.07, 6.45) is 1.57. The maximum absolute atomic E-state index is 10.7. The summed E-state index contributed by atoms with van der Waals surface area (Å²) >= 11 is 0. The summed E-state index contributed by atoms with van der Waals surface area (Å²) in [5.41, 5.74) is 0.893. The Bertz CT molecular complexity index is 344. The number of rotatable bonds is 4. The van der Waals surface area contributed by atoms with Gasteiger partial charge in [-0.1, -0.05) is 44.2 Å². The van der Waals surface area contributed by atoms with Gasteiger partial charge in [-0.05, 0) is 11.5 Å². The van der Waals surface area contributed by atoms with Crippen molar-refractivity contribution in [3.63, 3.8) is 0 Å². The van der Waals surface area contributed by atoms with Gasteiger partial charge in [0.2, 0.25) is 0 Å². The smallest absolute Gasteiger partial charge is 0.0915 e. The van der Waals surface area contributed by atoms with Crippen molar-refractivity contribution < 1.29 is 9.90 Å². The topological polar surface area (TPSA) is 52.5 Å². The molecule has 0 fully saturated rings. The maximum atomic E-state index is 10.7. The highest BCUT2D eigenvalue weighted by molar-refractivity contribution is 5.82. The molecule has 0 amide bonds. The number of carboxylic acids is 1. The van der Waals surface area contributed by atoms with E-state index in [0.29, 0.717) is 0 Å². The predicted octanol–water partition coefficient (Wildman–Crippen LogP) is 0.880. The van der Waals surface area contributed by atoms with Gasteiger partial charge in [-0.15, -0.1) is 0 Å². The van der Waals surface area contributed by atoms with Crippen LogP contribution in [0.1, 0.15) is 19.4 Å². The molecule has 0 N–H and O–H groups in total. The van der Waals surface area contributed by atoms with Crippen LogP contribution in [0.2, 0.25) is 0 Å². The monoisotopic (exact) mass is 204 g/mol. The second-order valence-corrected chi connectivity index (χ2v) is 3.70. The Kier molecular flexibility index (Phi) is 4.03. The number of carbonyl (C=O) groups is 1. The minimum absolute atomic E-state index is 0.0602. The van der Waals surface area contributed by atoms with E-state index in [9.17, 15) is 9.90 Å². The largest absolute Gasteiger partial charge is 0.548 e. The molecule has 0 spiro atoms. The molecule has 0 aliphatic heterocycles. The van der Waals surface area contributed by atoms with Crippen molar-refractivity contribution in [2.45, 2.75) is 19.9 Å². The number of aliphatic carboxylic acids is 1. The molecule has 80 valence electrons. The maximum Gasteiger partial charge on any atom is 0.0915 e. The Labute approximate surface area is 89.5 Å². The summed E-state index contributed by atoms with van der Waals surface area (Å²) < 4.78 is 0. The number of nitrogens with zero attached hydrogens (tertiary/aromatic N) is 1. The van der Waals surface area contributed by atoms with Crippen LogP contribution in [0, 0.1) is 5.92 Å². The van der Waals surface area contributed by atoms with Gasteiger partial charge < -0.3 is 9.90 Å². The Hall–Kier alpha value is -1.64. The van der Waals surface area contributed by atoms with Gasteiger partial charge in [-0.3, -0.25) is 4.99 Å². The van der Waals surface area contributed by atoms with Crippen molar-refractivity contribution in [2.24, 2.45) is 10.9 Å². The molecule has 0 heterocycles. The average Bonchev–Trinajstić information content (AvgIpc) is 2.18. The molecule has 3 nitrogen and oxygen atoms in total. The minimum atomic E-state index is -1.13. The quantitative estimate of drug-likeness (QED) is 0.684. The van der Waals surface area contributed by atoms with E-state index in [0.717, 1.165) is 5.56 Å². The van der Waals surface area contributed by atoms with Crippen molar-refractivity contribution in [2.75, 3.05) is 0 Å². The Morgan fingerprint density at radius 2 is 1.93 bits per heavy atom. The number of carbonyl (C=O) groups excluding carboxylic acids is 1. The van der Waals surface area contributed by atoms with E-state index in [1.165, 1.54) is 0 Å². The van der Waals surface area contributed by atoms with Crippen molar-refractivity contribution in [1.29, 1.82) is 0 Å². The molecule has 1 aromatic carbocycles.